The van der Waals surface area contributed by atoms with Gasteiger partial charge in [0.05, 0.1) is 10.6 Å². The predicted octanol–water partition coefficient (Wildman–Crippen LogP) is 4.72. The van der Waals surface area contributed by atoms with Crippen molar-refractivity contribution in [3.63, 3.8) is 0 Å². The molecule has 0 spiro atoms. The van der Waals surface area contributed by atoms with Crippen LogP contribution in [0, 0.1) is 5.82 Å². The first-order valence-electron chi connectivity index (χ1n) is 6.34. The minimum Gasteiger partial charge on any atom is -0.268 e. The average molecular weight is 334 g/mol. The van der Waals surface area contributed by atoms with Crippen LogP contribution in [0.5, 0.6) is 0 Å². The third-order valence-electron chi connectivity index (χ3n) is 3.05. The van der Waals surface area contributed by atoms with Crippen molar-refractivity contribution in [3.8, 4) is 0 Å². The molecule has 2 aromatic rings. The predicted molar refractivity (Wildman–Crippen MR) is 86.3 cm³/mol. The monoisotopic (exact) mass is 333 g/mol. The van der Waals surface area contributed by atoms with Gasteiger partial charge in [0.2, 0.25) is 0 Å². The van der Waals surface area contributed by atoms with Crippen molar-refractivity contribution in [2.24, 2.45) is 0 Å². The number of hydrogen-bond acceptors (Lipinski definition) is 3. The zero-order valence-electron chi connectivity index (χ0n) is 11.1. The highest BCUT2D eigenvalue weighted by Crippen LogP contribution is 2.35. The van der Waals surface area contributed by atoms with Crippen LogP contribution in [0.25, 0.3) is 6.08 Å². The van der Waals surface area contributed by atoms with E-state index in [0.29, 0.717) is 21.2 Å². The molecule has 0 saturated carbocycles. The van der Waals surface area contributed by atoms with Crippen LogP contribution < -0.4 is 4.90 Å². The number of halogens is 2. The molecule has 0 unspecified atom stereocenters. The lowest BCUT2D eigenvalue weighted by Gasteiger charge is -2.12. The third-order valence-corrected chi connectivity index (χ3v) is 4.17. The van der Waals surface area contributed by atoms with E-state index in [2.05, 4.69) is 0 Å². The summed E-state index contributed by atoms with van der Waals surface area (Å²) in [7, 11) is 0. The summed E-state index contributed by atoms with van der Waals surface area (Å²) in [5, 5.41) is 0.151. The second-order valence-electron chi connectivity index (χ2n) is 4.55. The Morgan fingerprint density at radius 2 is 1.64 bits per heavy atom. The molecule has 22 heavy (non-hydrogen) atoms. The van der Waals surface area contributed by atoms with E-state index in [9.17, 15) is 14.0 Å². The third kappa shape index (κ3) is 2.91. The van der Waals surface area contributed by atoms with Crippen molar-refractivity contribution in [2.75, 3.05) is 4.90 Å². The van der Waals surface area contributed by atoms with Crippen molar-refractivity contribution < 1.29 is 14.0 Å². The van der Waals surface area contributed by atoms with Gasteiger partial charge in [0.25, 0.3) is 11.1 Å². The van der Waals surface area contributed by atoms with E-state index >= 15 is 0 Å². The van der Waals surface area contributed by atoms with Gasteiger partial charge in [-0.2, -0.15) is 0 Å². The number of benzene rings is 2. The summed E-state index contributed by atoms with van der Waals surface area (Å²) in [5.74, 6) is -0.756. The van der Waals surface area contributed by atoms with Crippen molar-refractivity contribution in [1.82, 2.24) is 0 Å². The Balaban J connectivity index is 1.91. The van der Waals surface area contributed by atoms with E-state index in [1.165, 1.54) is 12.1 Å². The lowest BCUT2D eigenvalue weighted by molar-refractivity contribution is -0.113. The maximum Gasteiger partial charge on any atom is 0.298 e. The van der Waals surface area contributed by atoms with Crippen molar-refractivity contribution in [3.05, 3.63) is 69.8 Å². The first kappa shape index (κ1) is 14.8. The quantitative estimate of drug-likeness (QED) is 0.746. The molecule has 0 N–H and O–H groups in total. The lowest BCUT2D eigenvalue weighted by atomic mass is 10.2. The van der Waals surface area contributed by atoms with E-state index in [4.69, 9.17) is 11.6 Å². The lowest BCUT2D eigenvalue weighted by Crippen LogP contribution is -2.27. The zero-order chi connectivity index (χ0) is 15.7. The van der Waals surface area contributed by atoms with E-state index in [0.717, 1.165) is 16.7 Å². The summed E-state index contributed by atoms with van der Waals surface area (Å²) in [6, 6.07) is 12.1. The minimum absolute atomic E-state index is 0.298. The average Bonchev–Trinajstić information content (AvgIpc) is 2.77. The van der Waals surface area contributed by atoms with Gasteiger partial charge in [-0.3, -0.25) is 9.59 Å². The summed E-state index contributed by atoms with van der Waals surface area (Å²) in [5.41, 5.74) is 1.12. The van der Waals surface area contributed by atoms with Gasteiger partial charge in [-0.05, 0) is 59.8 Å². The molecular weight excluding hydrogens is 325 g/mol. The molecule has 0 atom stereocenters. The van der Waals surface area contributed by atoms with E-state index in [1.807, 2.05) is 0 Å². The van der Waals surface area contributed by atoms with Crippen LogP contribution in [-0.4, -0.2) is 11.1 Å². The van der Waals surface area contributed by atoms with Crippen LogP contribution >= 0.6 is 23.4 Å². The summed E-state index contributed by atoms with van der Waals surface area (Å²) < 4.78 is 12.9. The molecule has 1 aliphatic rings. The van der Waals surface area contributed by atoms with Crippen LogP contribution in [0.15, 0.2) is 53.4 Å². The highest BCUT2D eigenvalue weighted by atomic mass is 35.5. The maximum absolute atomic E-state index is 12.9. The highest BCUT2D eigenvalue weighted by Gasteiger charge is 2.36. The molecule has 0 aliphatic carbocycles. The Hall–Kier alpha value is -2.11. The molecule has 1 heterocycles. The second kappa shape index (κ2) is 5.94. The van der Waals surface area contributed by atoms with Gasteiger partial charge >= 0.3 is 0 Å². The Bertz CT molecular complexity index is 772. The number of anilines is 1. The number of carbonyl (C=O) groups excluding carboxylic acids is 2. The van der Waals surface area contributed by atoms with Crippen molar-refractivity contribution >= 4 is 46.3 Å². The maximum atomic E-state index is 12.9. The Morgan fingerprint density at radius 3 is 2.27 bits per heavy atom. The molecule has 6 heteroatoms. The zero-order valence-corrected chi connectivity index (χ0v) is 12.7. The van der Waals surface area contributed by atoms with Crippen LogP contribution in [0.1, 0.15) is 5.56 Å². The van der Waals surface area contributed by atoms with Crippen molar-refractivity contribution in [1.29, 1.82) is 0 Å². The molecule has 3 nitrogen and oxygen atoms in total. The molecule has 2 amide bonds. The van der Waals surface area contributed by atoms with E-state index in [-0.39, 0.29) is 11.1 Å². The van der Waals surface area contributed by atoms with Gasteiger partial charge < -0.3 is 0 Å². The molecule has 3 rings (SSSR count). The molecule has 1 saturated heterocycles. The smallest absolute Gasteiger partial charge is 0.268 e. The van der Waals surface area contributed by atoms with Gasteiger partial charge in [0.1, 0.15) is 5.82 Å². The van der Waals surface area contributed by atoms with Crippen LogP contribution in [0.4, 0.5) is 14.9 Å². The Morgan fingerprint density at radius 1 is 1.00 bits per heavy atom. The molecule has 0 bridgehead atoms. The fourth-order valence-corrected chi connectivity index (χ4v) is 2.96. The molecule has 2 aromatic carbocycles. The Labute approximate surface area is 135 Å². The molecule has 1 fully saturated rings. The summed E-state index contributed by atoms with van der Waals surface area (Å²) in [4.78, 5) is 25.8. The molecule has 1 aliphatic heterocycles. The number of imide groups is 1. The first-order chi connectivity index (χ1) is 10.5. The number of nitrogens with zero attached hydrogens (tertiary/aromatic N) is 1. The highest BCUT2D eigenvalue weighted by molar-refractivity contribution is 8.19. The largest absolute Gasteiger partial charge is 0.298 e. The minimum atomic E-state index is -0.401. The fourth-order valence-electron chi connectivity index (χ4n) is 1.99. The Kier molecular flexibility index (Phi) is 4.00. The normalized spacial score (nSPS) is 16.6. The number of hydrogen-bond donors (Lipinski definition) is 0. The van der Waals surface area contributed by atoms with Gasteiger partial charge in [0, 0.05) is 5.02 Å². The number of carbonyl (C=O) groups is 2. The number of amides is 2. The van der Waals surface area contributed by atoms with E-state index < -0.39 is 5.91 Å². The van der Waals surface area contributed by atoms with Gasteiger partial charge in [0.15, 0.2) is 0 Å². The standard InChI is InChI=1S/C16H9ClFNO2S/c17-11-3-7-13(8-4-11)19-15(20)14(22-16(19)21)9-10-1-5-12(18)6-2-10/h1-9H/b14-9-. The van der Waals surface area contributed by atoms with E-state index in [1.54, 1.807) is 42.5 Å². The van der Waals surface area contributed by atoms with Crippen LogP contribution in [0.3, 0.4) is 0 Å². The topological polar surface area (TPSA) is 37.4 Å². The first-order valence-corrected chi connectivity index (χ1v) is 7.53. The summed E-state index contributed by atoms with van der Waals surface area (Å²) in [6.45, 7) is 0. The van der Waals surface area contributed by atoms with Crippen LogP contribution in [-0.2, 0) is 4.79 Å². The second-order valence-corrected chi connectivity index (χ2v) is 5.97. The van der Waals surface area contributed by atoms with Crippen LogP contribution in [0.2, 0.25) is 5.02 Å². The molecule has 0 aromatic heterocycles. The molecule has 110 valence electrons. The number of thioether (sulfide) groups is 1. The number of rotatable bonds is 2. The molecule has 0 radical (unpaired) electrons. The summed E-state index contributed by atoms with van der Waals surface area (Å²) in [6.07, 6.45) is 1.57. The van der Waals surface area contributed by atoms with Crippen molar-refractivity contribution in [2.45, 2.75) is 0 Å². The van der Waals surface area contributed by atoms with Gasteiger partial charge in [-0.1, -0.05) is 23.7 Å². The van der Waals surface area contributed by atoms with Gasteiger partial charge in [-0.15, -0.1) is 0 Å². The summed E-state index contributed by atoms with van der Waals surface area (Å²) >= 11 is 6.66. The molecular formula is C16H9ClFNO2S. The fraction of sp³-hybridized carbons (Fsp3) is 0. The SMILES string of the molecule is O=C1S/C(=C\c2ccc(F)cc2)C(=O)N1c1ccc(Cl)cc1. The van der Waals surface area contributed by atoms with Gasteiger partial charge in [-0.25, -0.2) is 9.29 Å².